The molecule has 0 aromatic carbocycles. The van der Waals surface area contributed by atoms with Gasteiger partial charge in [-0.1, -0.05) is 6.92 Å². The Labute approximate surface area is 150 Å². The number of rotatable bonds is 6. The molecule has 1 saturated heterocycles. The minimum absolute atomic E-state index is 0.252. The summed E-state index contributed by atoms with van der Waals surface area (Å²) in [4.78, 5) is 4.58. The Bertz CT molecular complexity index is 666. The molecule has 9 heteroatoms. The summed E-state index contributed by atoms with van der Waals surface area (Å²) in [5, 5.41) is 4.60. The van der Waals surface area contributed by atoms with Gasteiger partial charge in [0.1, 0.15) is 0 Å². The van der Waals surface area contributed by atoms with Crippen molar-refractivity contribution in [2.24, 2.45) is 0 Å². The monoisotopic (exact) mass is 370 g/mol. The second-order valence-corrected chi connectivity index (χ2v) is 8.76. The van der Waals surface area contributed by atoms with Crippen LogP contribution in [0.15, 0.2) is 6.07 Å². The standard InChI is InChI=1S/C16H30N6O2S/c1-3-5-20-6-4-7-22-16(14-20)12-15(18-22)13-17-25(23,24)21-10-8-19(2)9-11-21/h12,17H,3-11,13-14H2,1-2H3. The highest BCUT2D eigenvalue weighted by molar-refractivity contribution is 7.87. The molecule has 2 aliphatic heterocycles. The Hall–Kier alpha value is -1.00. The van der Waals surface area contributed by atoms with Crippen LogP contribution in [0.25, 0.3) is 0 Å². The minimum Gasteiger partial charge on any atom is -0.304 e. The number of hydrogen-bond acceptors (Lipinski definition) is 5. The lowest BCUT2D eigenvalue weighted by atomic mass is 10.3. The molecule has 0 spiro atoms. The molecular formula is C16H30N6O2S. The zero-order valence-corrected chi connectivity index (χ0v) is 16.1. The predicted molar refractivity (Wildman–Crippen MR) is 97.2 cm³/mol. The first-order chi connectivity index (χ1) is 12.0. The molecule has 0 bridgehead atoms. The molecule has 25 heavy (non-hydrogen) atoms. The van der Waals surface area contributed by atoms with Crippen LogP contribution in [0.3, 0.4) is 0 Å². The number of aryl methyl sites for hydroxylation is 1. The van der Waals surface area contributed by atoms with Crippen LogP contribution in [-0.2, 0) is 29.8 Å². The summed E-state index contributed by atoms with van der Waals surface area (Å²) in [5.41, 5.74) is 1.98. The maximum absolute atomic E-state index is 12.5. The third kappa shape index (κ3) is 4.79. The van der Waals surface area contributed by atoms with E-state index in [9.17, 15) is 8.42 Å². The maximum atomic E-state index is 12.5. The number of fused-ring (bicyclic) bond motifs is 1. The van der Waals surface area contributed by atoms with Gasteiger partial charge >= 0.3 is 0 Å². The lowest BCUT2D eigenvalue weighted by Crippen LogP contribution is -2.50. The third-order valence-electron chi connectivity index (χ3n) is 4.92. The van der Waals surface area contributed by atoms with Crippen LogP contribution >= 0.6 is 0 Å². The highest BCUT2D eigenvalue weighted by Gasteiger charge is 2.25. The van der Waals surface area contributed by atoms with Crippen molar-refractivity contribution >= 4 is 10.2 Å². The lowest BCUT2D eigenvalue weighted by Gasteiger charge is -2.31. The lowest BCUT2D eigenvalue weighted by molar-refractivity contribution is 0.221. The van der Waals surface area contributed by atoms with Gasteiger partial charge in [-0.25, -0.2) is 0 Å². The summed E-state index contributed by atoms with van der Waals surface area (Å²) in [6.45, 7) is 9.06. The first-order valence-electron chi connectivity index (χ1n) is 9.19. The third-order valence-corrected chi connectivity index (χ3v) is 6.48. The normalized spacial score (nSPS) is 21.2. The number of nitrogens with zero attached hydrogens (tertiary/aromatic N) is 5. The fourth-order valence-electron chi connectivity index (χ4n) is 3.47. The quantitative estimate of drug-likeness (QED) is 0.768. The number of hydrogen-bond donors (Lipinski definition) is 1. The molecular weight excluding hydrogens is 340 g/mol. The van der Waals surface area contributed by atoms with E-state index in [1.54, 1.807) is 0 Å². The SMILES string of the molecule is CCCN1CCCn2nc(CNS(=O)(=O)N3CCN(C)CC3)cc2C1. The molecule has 0 aliphatic carbocycles. The van der Waals surface area contributed by atoms with E-state index < -0.39 is 10.2 Å². The van der Waals surface area contributed by atoms with Gasteiger partial charge in [-0.2, -0.15) is 22.5 Å². The molecule has 8 nitrogen and oxygen atoms in total. The molecule has 0 saturated carbocycles. The Morgan fingerprint density at radius 3 is 2.64 bits per heavy atom. The Balaban J connectivity index is 1.60. The van der Waals surface area contributed by atoms with Crippen molar-refractivity contribution in [3.8, 4) is 0 Å². The number of piperazine rings is 1. The number of likely N-dealkylation sites (N-methyl/N-ethyl adjacent to an activating group) is 1. The van der Waals surface area contributed by atoms with E-state index in [0.29, 0.717) is 13.1 Å². The predicted octanol–water partition coefficient (Wildman–Crippen LogP) is 0.0806. The van der Waals surface area contributed by atoms with Crippen LogP contribution in [0.2, 0.25) is 0 Å². The van der Waals surface area contributed by atoms with E-state index >= 15 is 0 Å². The van der Waals surface area contributed by atoms with Crippen LogP contribution in [0.5, 0.6) is 0 Å². The van der Waals surface area contributed by atoms with Crippen molar-refractivity contribution in [2.75, 3.05) is 46.3 Å². The second kappa shape index (κ2) is 8.13. The van der Waals surface area contributed by atoms with E-state index in [0.717, 1.165) is 57.8 Å². The van der Waals surface area contributed by atoms with Crippen molar-refractivity contribution in [1.29, 1.82) is 0 Å². The molecule has 0 radical (unpaired) electrons. The smallest absolute Gasteiger partial charge is 0.279 e. The first kappa shape index (κ1) is 18.8. The van der Waals surface area contributed by atoms with Crippen molar-refractivity contribution < 1.29 is 8.42 Å². The fourth-order valence-corrected chi connectivity index (χ4v) is 4.62. The second-order valence-electron chi connectivity index (χ2n) is 7.01. The van der Waals surface area contributed by atoms with Crippen molar-refractivity contribution in [3.63, 3.8) is 0 Å². The van der Waals surface area contributed by atoms with Gasteiger partial charge in [-0.05, 0) is 32.5 Å². The summed E-state index contributed by atoms with van der Waals surface area (Å²) >= 11 is 0. The van der Waals surface area contributed by atoms with Crippen LogP contribution < -0.4 is 4.72 Å². The number of nitrogens with one attached hydrogen (secondary N) is 1. The summed E-state index contributed by atoms with van der Waals surface area (Å²) in [7, 11) is -1.42. The van der Waals surface area contributed by atoms with Crippen LogP contribution in [-0.4, -0.2) is 78.6 Å². The van der Waals surface area contributed by atoms with Crippen molar-refractivity contribution in [2.45, 2.75) is 39.4 Å². The Morgan fingerprint density at radius 1 is 1.16 bits per heavy atom. The average molecular weight is 371 g/mol. The highest BCUT2D eigenvalue weighted by Crippen LogP contribution is 2.14. The van der Waals surface area contributed by atoms with Crippen LogP contribution in [0.1, 0.15) is 31.2 Å². The molecule has 0 unspecified atom stereocenters. The van der Waals surface area contributed by atoms with E-state index in [4.69, 9.17) is 0 Å². The molecule has 2 aliphatic rings. The molecule has 0 amide bonds. The van der Waals surface area contributed by atoms with Gasteiger partial charge in [-0.3, -0.25) is 9.58 Å². The average Bonchev–Trinajstić information content (AvgIpc) is 2.86. The van der Waals surface area contributed by atoms with Crippen LogP contribution in [0, 0.1) is 0 Å². The zero-order chi connectivity index (χ0) is 17.9. The van der Waals surface area contributed by atoms with Gasteiger partial charge in [0.15, 0.2) is 0 Å². The van der Waals surface area contributed by atoms with Gasteiger partial charge in [0.05, 0.1) is 17.9 Å². The summed E-state index contributed by atoms with van der Waals surface area (Å²) in [6, 6.07) is 2.04. The topological polar surface area (TPSA) is 73.7 Å². The minimum atomic E-state index is -3.44. The number of aromatic nitrogens is 2. The van der Waals surface area contributed by atoms with E-state index in [1.165, 1.54) is 10.00 Å². The van der Waals surface area contributed by atoms with Gasteiger partial charge in [0.25, 0.3) is 10.2 Å². The molecule has 0 atom stereocenters. The largest absolute Gasteiger partial charge is 0.304 e. The first-order valence-corrected chi connectivity index (χ1v) is 10.6. The highest BCUT2D eigenvalue weighted by atomic mass is 32.2. The van der Waals surface area contributed by atoms with Gasteiger partial charge < -0.3 is 4.90 Å². The van der Waals surface area contributed by atoms with E-state index in [2.05, 4.69) is 26.5 Å². The summed E-state index contributed by atoms with van der Waals surface area (Å²) < 4.78 is 31.2. The summed E-state index contributed by atoms with van der Waals surface area (Å²) in [5.74, 6) is 0. The summed E-state index contributed by atoms with van der Waals surface area (Å²) in [6.07, 6.45) is 2.23. The van der Waals surface area contributed by atoms with E-state index in [1.807, 2.05) is 17.8 Å². The molecule has 1 N–H and O–H groups in total. The van der Waals surface area contributed by atoms with Crippen molar-refractivity contribution in [3.05, 3.63) is 17.5 Å². The van der Waals surface area contributed by atoms with E-state index in [-0.39, 0.29) is 6.54 Å². The van der Waals surface area contributed by atoms with Crippen LogP contribution in [0.4, 0.5) is 0 Å². The maximum Gasteiger partial charge on any atom is 0.279 e. The molecule has 1 fully saturated rings. The Kier molecular flexibility index (Phi) is 6.11. The van der Waals surface area contributed by atoms with Gasteiger partial charge in [0.2, 0.25) is 0 Å². The zero-order valence-electron chi connectivity index (χ0n) is 15.3. The molecule has 3 heterocycles. The molecule has 1 aromatic heterocycles. The molecule has 1 aromatic rings. The van der Waals surface area contributed by atoms with Crippen molar-refractivity contribution in [1.82, 2.24) is 28.6 Å². The van der Waals surface area contributed by atoms with Gasteiger partial charge in [0, 0.05) is 45.8 Å². The van der Waals surface area contributed by atoms with Gasteiger partial charge in [-0.15, -0.1) is 0 Å². The Morgan fingerprint density at radius 2 is 1.92 bits per heavy atom. The fraction of sp³-hybridized carbons (Fsp3) is 0.812. The molecule has 142 valence electrons. The molecule has 3 rings (SSSR count).